The van der Waals surface area contributed by atoms with E-state index in [0.717, 1.165) is 0 Å². The van der Waals surface area contributed by atoms with Gasteiger partial charge in [0, 0.05) is 85.3 Å². The van der Waals surface area contributed by atoms with Gasteiger partial charge in [-0.05, 0) is 0 Å². The number of rotatable bonds is 6. The third-order valence-corrected chi connectivity index (χ3v) is 1.51. The number of aromatic nitrogens is 3. The fourth-order valence-electron chi connectivity index (χ4n) is 0.922. The Morgan fingerprint density at radius 1 is 1.06 bits per heavy atom. The van der Waals surface area contributed by atoms with Gasteiger partial charge in [-0.25, -0.2) is 4.79 Å². The molecule has 0 amide bonds. The zero-order chi connectivity index (χ0) is 11.1. The maximum Gasteiger partial charge on any atom is 0.350 e. The number of nitrogens with one attached hydrogen (secondary N) is 3. The molecule has 8 nitrogen and oxygen atoms in total. The third-order valence-electron chi connectivity index (χ3n) is 1.51. The van der Waals surface area contributed by atoms with E-state index < -0.39 is 5.69 Å². The van der Waals surface area contributed by atoms with E-state index in [1.165, 1.54) is 0 Å². The van der Waals surface area contributed by atoms with Crippen LogP contribution in [-0.4, -0.2) is 100 Å². The topological polar surface area (TPSA) is 135 Å². The minimum Gasteiger partial charge on any atom is -0.354 e. The van der Waals surface area contributed by atoms with Crippen molar-refractivity contribution in [3.63, 3.8) is 0 Å². The predicted molar refractivity (Wildman–Crippen MR) is 69.2 cm³/mol. The average molecular weight is 259 g/mol. The number of hydrogen-bond acceptors (Lipinski definition) is 7. The first-order valence-electron chi connectivity index (χ1n) is 4.62. The van der Waals surface area contributed by atoms with Gasteiger partial charge < -0.3 is 22.1 Å². The van der Waals surface area contributed by atoms with Crippen molar-refractivity contribution in [2.45, 2.75) is 0 Å². The van der Waals surface area contributed by atoms with E-state index in [0.29, 0.717) is 32.1 Å². The van der Waals surface area contributed by atoms with E-state index in [9.17, 15) is 4.79 Å². The van der Waals surface area contributed by atoms with Crippen LogP contribution in [0.2, 0.25) is 0 Å². The summed E-state index contributed by atoms with van der Waals surface area (Å²) in [6, 6.07) is 0. The van der Waals surface area contributed by atoms with Gasteiger partial charge in [0.2, 0.25) is 11.9 Å². The number of anilines is 2. The number of aromatic amines is 1. The number of nitrogens with zero attached hydrogens (tertiary/aromatic N) is 2. The van der Waals surface area contributed by atoms with Crippen LogP contribution >= 0.6 is 0 Å². The van der Waals surface area contributed by atoms with Crippen molar-refractivity contribution < 1.29 is 0 Å². The monoisotopic (exact) mass is 259 g/mol. The molecule has 0 saturated carbocycles. The second-order valence-electron chi connectivity index (χ2n) is 2.76. The maximum absolute atomic E-state index is 11.1. The fourth-order valence-corrected chi connectivity index (χ4v) is 0.922. The molecule has 1 aromatic heterocycles. The van der Waals surface area contributed by atoms with Crippen molar-refractivity contribution in [3.05, 3.63) is 10.5 Å². The quantitative estimate of drug-likeness (QED) is 0.347. The molecule has 1 heterocycles. The van der Waals surface area contributed by atoms with Gasteiger partial charge in [-0.15, -0.1) is 0 Å². The molecule has 1 aromatic rings. The van der Waals surface area contributed by atoms with Gasteiger partial charge in [0.1, 0.15) is 0 Å². The summed E-state index contributed by atoms with van der Waals surface area (Å²) < 4.78 is 0. The van der Waals surface area contributed by atoms with E-state index in [2.05, 4.69) is 25.6 Å². The van der Waals surface area contributed by atoms with Crippen LogP contribution in [0.3, 0.4) is 0 Å². The summed E-state index contributed by atoms with van der Waals surface area (Å²) in [4.78, 5) is 21.2. The van der Waals surface area contributed by atoms with Gasteiger partial charge in [0.25, 0.3) is 0 Å². The molecule has 0 bridgehead atoms. The van der Waals surface area contributed by atoms with Gasteiger partial charge in [0.05, 0.1) is 0 Å². The molecule has 0 aliphatic carbocycles. The summed E-state index contributed by atoms with van der Waals surface area (Å²) in [5.41, 5.74) is 10.1. The van der Waals surface area contributed by atoms with Crippen LogP contribution in [0.1, 0.15) is 0 Å². The van der Waals surface area contributed by atoms with Gasteiger partial charge in [-0.3, -0.25) is 4.98 Å². The molecule has 7 N–H and O–H groups in total. The summed E-state index contributed by atoms with van der Waals surface area (Å²) in [5, 5.41) is 5.66. The number of H-pyrrole nitrogens is 1. The van der Waals surface area contributed by atoms with Crippen LogP contribution in [-0.2, 0) is 0 Å². The first kappa shape index (κ1) is 19.7. The molecule has 0 aliphatic heterocycles. The van der Waals surface area contributed by atoms with Crippen molar-refractivity contribution in [1.29, 1.82) is 0 Å². The second-order valence-corrected chi connectivity index (χ2v) is 2.76. The first-order chi connectivity index (χ1) is 7.26. The molecule has 2 radical (unpaired) electrons. The van der Waals surface area contributed by atoms with Gasteiger partial charge in [-0.2, -0.15) is 9.97 Å². The summed E-state index contributed by atoms with van der Waals surface area (Å²) in [7, 11) is 0. The van der Waals surface area contributed by atoms with Crippen LogP contribution < -0.4 is 27.8 Å². The fraction of sp³-hybridized carbons (Fsp3) is 0.571. The Bertz CT molecular complexity index is 329. The molecule has 0 unspecified atom stereocenters. The molecule has 0 fully saturated rings. The smallest absolute Gasteiger partial charge is 0.350 e. The van der Waals surface area contributed by atoms with Crippen LogP contribution in [0.4, 0.5) is 11.9 Å². The van der Waals surface area contributed by atoms with Gasteiger partial charge in [0.15, 0.2) is 0 Å². The van der Waals surface area contributed by atoms with E-state index >= 15 is 0 Å². The van der Waals surface area contributed by atoms with Gasteiger partial charge >= 0.3 is 5.69 Å². The van der Waals surface area contributed by atoms with Crippen molar-refractivity contribution in [2.75, 3.05) is 36.8 Å². The Hall–Kier alpha value is 0.330. The van der Waals surface area contributed by atoms with Crippen molar-refractivity contribution in [1.82, 2.24) is 15.0 Å². The largest absolute Gasteiger partial charge is 0.354 e. The SMILES string of the molecule is NCCNc1nc(NCCN)[nH]c(=O)n1.[Na].[Na]. The summed E-state index contributed by atoms with van der Waals surface area (Å²) in [6.45, 7) is 1.95. The molecule has 0 aliphatic rings. The maximum atomic E-state index is 11.1. The van der Waals surface area contributed by atoms with Gasteiger partial charge in [-0.1, -0.05) is 0 Å². The molecule has 17 heavy (non-hydrogen) atoms. The summed E-state index contributed by atoms with van der Waals surface area (Å²) in [6.07, 6.45) is 0. The zero-order valence-electron chi connectivity index (χ0n) is 10.3. The Morgan fingerprint density at radius 3 is 2.24 bits per heavy atom. The Labute approximate surface area is 143 Å². The molecular weight excluding hydrogens is 244 g/mol. The number of nitrogens with two attached hydrogens (primary N) is 2. The summed E-state index contributed by atoms with van der Waals surface area (Å²) >= 11 is 0. The van der Waals surface area contributed by atoms with E-state index in [4.69, 9.17) is 11.5 Å². The summed E-state index contributed by atoms with van der Waals surface area (Å²) in [5.74, 6) is 0.601. The molecule has 1 rings (SSSR count). The van der Waals surface area contributed by atoms with E-state index in [1.54, 1.807) is 0 Å². The van der Waals surface area contributed by atoms with Crippen molar-refractivity contribution in [2.24, 2.45) is 11.5 Å². The predicted octanol–water partition coefficient (Wildman–Crippen LogP) is -2.86. The standard InChI is InChI=1S/C7H15N7O.2Na/c8-1-3-10-5-12-6(11-4-2-9)14-7(15)13-5;;/h1-4,8-9H2,(H3,10,11,12,13,14,15);;. The van der Waals surface area contributed by atoms with Crippen molar-refractivity contribution >= 4 is 71.0 Å². The minimum absolute atomic E-state index is 0. The van der Waals surface area contributed by atoms with E-state index in [-0.39, 0.29) is 65.1 Å². The normalized spacial score (nSPS) is 8.82. The Morgan fingerprint density at radius 2 is 1.65 bits per heavy atom. The molecule has 0 spiro atoms. The molecular formula is C7H15N7Na2O. The van der Waals surface area contributed by atoms with Crippen LogP contribution in [0, 0.1) is 0 Å². The Kier molecular flexibility index (Phi) is 13.2. The van der Waals surface area contributed by atoms with E-state index in [1.807, 2.05) is 0 Å². The molecule has 0 aromatic carbocycles. The van der Waals surface area contributed by atoms with Crippen LogP contribution in [0.15, 0.2) is 4.79 Å². The third kappa shape index (κ3) is 8.11. The first-order valence-corrected chi connectivity index (χ1v) is 4.62. The minimum atomic E-state index is -0.468. The Balaban J connectivity index is 0. The molecule has 10 heteroatoms. The molecule has 0 atom stereocenters. The van der Waals surface area contributed by atoms with Crippen molar-refractivity contribution in [3.8, 4) is 0 Å². The van der Waals surface area contributed by atoms with Crippen LogP contribution in [0.25, 0.3) is 0 Å². The number of hydrogen-bond donors (Lipinski definition) is 5. The average Bonchev–Trinajstić information content (AvgIpc) is 2.23. The second kappa shape index (κ2) is 11.4. The van der Waals surface area contributed by atoms with Crippen LogP contribution in [0.5, 0.6) is 0 Å². The molecule has 0 saturated heterocycles. The molecule has 86 valence electrons. The zero-order valence-corrected chi connectivity index (χ0v) is 14.3.